The minimum absolute atomic E-state index is 0.0114. The minimum Gasteiger partial charge on any atom is -0.338 e. The van der Waals surface area contributed by atoms with Crippen molar-refractivity contribution in [3.8, 4) is 0 Å². The van der Waals surface area contributed by atoms with Gasteiger partial charge in [0.05, 0.1) is 6.54 Å². The van der Waals surface area contributed by atoms with Gasteiger partial charge in [0.1, 0.15) is 5.82 Å². The van der Waals surface area contributed by atoms with Crippen LogP contribution in [0.4, 0.5) is 0 Å². The van der Waals surface area contributed by atoms with Gasteiger partial charge in [-0.15, -0.1) is 0 Å². The van der Waals surface area contributed by atoms with Crippen molar-refractivity contribution in [2.45, 2.75) is 53.1 Å². The number of aromatic nitrogens is 3. The molecule has 1 fully saturated rings. The fourth-order valence-electron chi connectivity index (χ4n) is 3.31. The number of hydrogen-bond donors (Lipinski definition) is 2. The van der Waals surface area contributed by atoms with E-state index in [0.717, 1.165) is 18.7 Å². The van der Waals surface area contributed by atoms with Crippen LogP contribution < -0.4 is 5.73 Å². The number of nitrogens with zero attached hydrogens (tertiary/aromatic N) is 3. The Morgan fingerprint density at radius 2 is 2.14 bits per heavy atom. The molecular weight excluding hydrogens is 266 g/mol. The van der Waals surface area contributed by atoms with Crippen molar-refractivity contribution in [1.29, 1.82) is 0 Å². The number of carbonyl (C=O) groups is 1. The molecule has 0 spiro atoms. The second kappa shape index (κ2) is 5.75. The monoisotopic (exact) mass is 293 g/mol. The fourth-order valence-corrected chi connectivity index (χ4v) is 3.31. The maximum atomic E-state index is 12.8. The quantitative estimate of drug-likeness (QED) is 0.883. The lowest BCUT2D eigenvalue weighted by atomic mass is 9.61. The average molecular weight is 293 g/mol. The normalized spacial score (nSPS) is 28.4. The third kappa shape index (κ3) is 3.10. The fraction of sp³-hybridized carbons (Fsp3) is 0.800. The van der Waals surface area contributed by atoms with Crippen molar-refractivity contribution in [2.24, 2.45) is 23.0 Å². The Hall–Kier alpha value is -1.43. The molecule has 1 aromatic heterocycles. The van der Waals surface area contributed by atoms with Gasteiger partial charge in [0.15, 0.2) is 5.82 Å². The lowest BCUT2D eigenvalue weighted by Crippen LogP contribution is -2.51. The molecule has 0 bridgehead atoms. The Morgan fingerprint density at radius 3 is 2.71 bits per heavy atom. The first kappa shape index (κ1) is 15.9. The summed E-state index contributed by atoms with van der Waals surface area (Å²) in [4.78, 5) is 18.8. The number of carbonyl (C=O) groups excluding carboxylic acids is 1. The summed E-state index contributed by atoms with van der Waals surface area (Å²) in [7, 11) is 1.82. The standard InChI is InChI=1S/C15H27N5O/c1-9-12(16)7-6-11(15(9,3)4)14(21)20(5)8-13-17-10(2)18-19-13/h9,11-12H,6-8,16H2,1-5H3,(H,17,18,19). The van der Waals surface area contributed by atoms with Gasteiger partial charge in [0, 0.05) is 19.0 Å². The highest BCUT2D eigenvalue weighted by Crippen LogP contribution is 2.45. The van der Waals surface area contributed by atoms with Crippen molar-refractivity contribution < 1.29 is 4.79 Å². The van der Waals surface area contributed by atoms with E-state index in [1.54, 1.807) is 4.90 Å². The molecule has 3 unspecified atom stereocenters. The second-order valence-electron chi connectivity index (χ2n) is 6.94. The highest BCUT2D eigenvalue weighted by Gasteiger charge is 2.45. The lowest BCUT2D eigenvalue weighted by molar-refractivity contribution is -0.142. The molecule has 1 aliphatic carbocycles. The molecule has 118 valence electrons. The molecule has 1 aliphatic rings. The van der Waals surface area contributed by atoms with Gasteiger partial charge in [-0.3, -0.25) is 9.89 Å². The highest BCUT2D eigenvalue weighted by molar-refractivity contribution is 5.79. The average Bonchev–Trinajstić information content (AvgIpc) is 2.81. The number of amides is 1. The molecule has 1 heterocycles. The smallest absolute Gasteiger partial charge is 0.226 e. The van der Waals surface area contributed by atoms with Crippen LogP contribution in [0, 0.1) is 24.2 Å². The Balaban J connectivity index is 2.08. The number of aryl methyl sites for hydroxylation is 1. The number of H-pyrrole nitrogens is 1. The summed E-state index contributed by atoms with van der Waals surface area (Å²) < 4.78 is 0. The SMILES string of the molecule is Cc1nc(CN(C)C(=O)C2CCC(N)C(C)C2(C)C)n[nH]1. The van der Waals surface area contributed by atoms with Crippen molar-refractivity contribution in [2.75, 3.05) is 7.05 Å². The molecule has 6 nitrogen and oxygen atoms in total. The summed E-state index contributed by atoms with van der Waals surface area (Å²) in [6, 6.07) is 0.185. The maximum Gasteiger partial charge on any atom is 0.226 e. The van der Waals surface area contributed by atoms with E-state index in [1.165, 1.54) is 0 Å². The first-order chi connectivity index (χ1) is 9.73. The van der Waals surface area contributed by atoms with Crippen molar-refractivity contribution in [3.05, 3.63) is 11.6 Å². The summed E-state index contributed by atoms with van der Waals surface area (Å²) >= 11 is 0. The van der Waals surface area contributed by atoms with E-state index in [2.05, 4.69) is 36.0 Å². The van der Waals surface area contributed by atoms with E-state index in [0.29, 0.717) is 18.3 Å². The third-order valence-electron chi connectivity index (χ3n) is 5.20. The van der Waals surface area contributed by atoms with E-state index in [1.807, 2.05) is 14.0 Å². The van der Waals surface area contributed by atoms with Crippen molar-refractivity contribution >= 4 is 5.91 Å². The third-order valence-corrected chi connectivity index (χ3v) is 5.20. The van der Waals surface area contributed by atoms with E-state index in [4.69, 9.17) is 5.73 Å². The Bertz CT molecular complexity index is 510. The van der Waals surface area contributed by atoms with Gasteiger partial charge in [-0.25, -0.2) is 4.98 Å². The topological polar surface area (TPSA) is 87.9 Å². The predicted molar refractivity (Wildman–Crippen MR) is 81.2 cm³/mol. The number of nitrogens with two attached hydrogens (primary N) is 1. The number of nitrogens with one attached hydrogen (secondary N) is 1. The summed E-state index contributed by atoms with van der Waals surface area (Å²) in [6.45, 7) is 8.76. The molecule has 1 amide bonds. The molecule has 3 N–H and O–H groups in total. The molecule has 21 heavy (non-hydrogen) atoms. The van der Waals surface area contributed by atoms with E-state index in [-0.39, 0.29) is 23.3 Å². The van der Waals surface area contributed by atoms with Crippen LogP contribution in [0.3, 0.4) is 0 Å². The zero-order valence-electron chi connectivity index (χ0n) is 13.7. The van der Waals surface area contributed by atoms with Gasteiger partial charge >= 0.3 is 0 Å². The van der Waals surface area contributed by atoms with E-state index >= 15 is 0 Å². The van der Waals surface area contributed by atoms with Crippen LogP contribution in [0.2, 0.25) is 0 Å². The summed E-state index contributed by atoms with van der Waals surface area (Å²) in [5.41, 5.74) is 6.08. The molecule has 0 aliphatic heterocycles. The van der Waals surface area contributed by atoms with Gasteiger partial charge in [0.2, 0.25) is 5.91 Å². The summed E-state index contributed by atoms with van der Waals surface area (Å²) in [5.74, 6) is 1.93. The van der Waals surface area contributed by atoms with Gasteiger partial charge in [-0.1, -0.05) is 20.8 Å². The first-order valence-electron chi connectivity index (χ1n) is 7.62. The van der Waals surface area contributed by atoms with Crippen LogP contribution in [-0.2, 0) is 11.3 Å². The second-order valence-corrected chi connectivity index (χ2v) is 6.94. The van der Waals surface area contributed by atoms with E-state index < -0.39 is 0 Å². The molecule has 0 radical (unpaired) electrons. The Labute approximate surface area is 126 Å². The number of hydrogen-bond acceptors (Lipinski definition) is 4. The molecule has 3 atom stereocenters. The molecule has 1 saturated carbocycles. The van der Waals surface area contributed by atoms with Crippen LogP contribution in [0.15, 0.2) is 0 Å². The maximum absolute atomic E-state index is 12.8. The van der Waals surface area contributed by atoms with Crippen LogP contribution in [0.5, 0.6) is 0 Å². The molecule has 1 aromatic rings. The molecule has 0 saturated heterocycles. The van der Waals surface area contributed by atoms with Gasteiger partial charge in [0.25, 0.3) is 0 Å². The van der Waals surface area contributed by atoms with Crippen LogP contribution in [0.1, 0.15) is 45.3 Å². The zero-order valence-corrected chi connectivity index (χ0v) is 13.7. The molecular formula is C15H27N5O. The lowest BCUT2D eigenvalue weighted by Gasteiger charge is -2.46. The van der Waals surface area contributed by atoms with Gasteiger partial charge in [-0.05, 0) is 31.1 Å². The summed E-state index contributed by atoms with van der Waals surface area (Å²) in [5, 5.41) is 6.90. The van der Waals surface area contributed by atoms with Crippen LogP contribution in [0.25, 0.3) is 0 Å². The van der Waals surface area contributed by atoms with E-state index in [9.17, 15) is 4.79 Å². The Morgan fingerprint density at radius 1 is 1.48 bits per heavy atom. The Kier molecular flexibility index (Phi) is 4.37. The number of aromatic amines is 1. The molecule has 0 aromatic carbocycles. The van der Waals surface area contributed by atoms with Crippen molar-refractivity contribution in [3.63, 3.8) is 0 Å². The number of rotatable bonds is 3. The zero-order chi connectivity index (χ0) is 15.8. The van der Waals surface area contributed by atoms with Crippen LogP contribution in [-0.4, -0.2) is 39.1 Å². The van der Waals surface area contributed by atoms with Gasteiger partial charge in [-0.2, -0.15) is 5.10 Å². The molecule has 6 heteroatoms. The largest absolute Gasteiger partial charge is 0.338 e. The van der Waals surface area contributed by atoms with Crippen molar-refractivity contribution in [1.82, 2.24) is 20.1 Å². The predicted octanol–water partition coefficient (Wildman–Crippen LogP) is 1.47. The van der Waals surface area contributed by atoms with Crippen LogP contribution >= 0.6 is 0 Å². The van der Waals surface area contributed by atoms with Gasteiger partial charge < -0.3 is 10.6 Å². The molecule has 2 rings (SSSR count). The highest BCUT2D eigenvalue weighted by atomic mass is 16.2. The first-order valence-corrected chi connectivity index (χ1v) is 7.62. The minimum atomic E-state index is -0.0854. The summed E-state index contributed by atoms with van der Waals surface area (Å²) in [6.07, 6.45) is 1.77.